The Morgan fingerprint density at radius 3 is 2.33 bits per heavy atom. The largest absolute Gasteiger partial charge is 0.496 e. The minimum absolute atomic E-state index is 0.179. The Kier molecular flexibility index (Phi) is 8.20. The average molecular weight is 541 g/mol. The first-order chi connectivity index (χ1) is 16.8. The van der Waals surface area contributed by atoms with Crippen molar-refractivity contribution in [3.63, 3.8) is 0 Å². The molecule has 3 aromatic rings. The number of methoxy groups -OCH3 is 1. The summed E-state index contributed by atoms with van der Waals surface area (Å²) in [6.45, 7) is 2.67. The zero-order valence-electron chi connectivity index (χ0n) is 19.6. The summed E-state index contributed by atoms with van der Waals surface area (Å²) in [7, 11) is -2.94. The van der Waals surface area contributed by atoms with E-state index in [-0.39, 0.29) is 10.6 Å². The van der Waals surface area contributed by atoms with E-state index < -0.39 is 45.3 Å². The van der Waals surface area contributed by atoms with Gasteiger partial charge < -0.3 is 10.1 Å². The van der Waals surface area contributed by atoms with Gasteiger partial charge in [0.05, 0.1) is 34.3 Å². The number of rotatable bonds is 8. The molecular formula is C25H24ClF3N2O4S. The smallest absolute Gasteiger partial charge is 0.417 e. The van der Waals surface area contributed by atoms with Crippen LogP contribution in [0, 0.1) is 6.92 Å². The molecule has 0 saturated carbocycles. The molecule has 0 bridgehead atoms. The van der Waals surface area contributed by atoms with Crippen molar-refractivity contribution in [2.45, 2.75) is 31.0 Å². The van der Waals surface area contributed by atoms with E-state index >= 15 is 0 Å². The molecule has 3 aromatic carbocycles. The van der Waals surface area contributed by atoms with Crippen molar-refractivity contribution in [2.75, 3.05) is 18.0 Å². The maximum absolute atomic E-state index is 13.5. The van der Waals surface area contributed by atoms with E-state index in [9.17, 15) is 26.4 Å². The second kappa shape index (κ2) is 10.8. The van der Waals surface area contributed by atoms with Crippen molar-refractivity contribution in [1.29, 1.82) is 0 Å². The number of aryl methyl sites for hydroxylation is 1. The number of hydrogen-bond donors (Lipinski definition) is 1. The second-order valence-electron chi connectivity index (χ2n) is 8.02. The molecule has 0 radical (unpaired) electrons. The number of benzene rings is 3. The summed E-state index contributed by atoms with van der Waals surface area (Å²) < 4.78 is 73.4. The van der Waals surface area contributed by atoms with Gasteiger partial charge in [-0.1, -0.05) is 47.5 Å². The number of carbonyl (C=O) groups is 1. The molecular weight excluding hydrogens is 517 g/mol. The van der Waals surface area contributed by atoms with E-state index in [1.807, 2.05) is 0 Å². The van der Waals surface area contributed by atoms with Gasteiger partial charge in [0, 0.05) is 5.56 Å². The van der Waals surface area contributed by atoms with Crippen LogP contribution in [0.4, 0.5) is 18.9 Å². The Labute approximate surface area is 212 Å². The normalized spacial score (nSPS) is 12.6. The zero-order chi connectivity index (χ0) is 26.7. The highest BCUT2D eigenvalue weighted by molar-refractivity contribution is 7.92. The molecule has 6 nitrogen and oxygen atoms in total. The van der Waals surface area contributed by atoms with Crippen LogP contribution >= 0.6 is 11.6 Å². The molecule has 36 heavy (non-hydrogen) atoms. The Hall–Kier alpha value is -3.24. The fourth-order valence-corrected chi connectivity index (χ4v) is 5.20. The number of nitrogens with zero attached hydrogens (tertiary/aromatic N) is 1. The van der Waals surface area contributed by atoms with Crippen LogP contribution in [0.2, 0.25) is 5.02 Å². The fraction of sp³-hybridized carbons (Fsp3) is 0.240. The molecule has 11 heteroatoms. The van der Waals surface area contributed by atoms with Crippen molar-refractivity contribution >= 4 is 33.2 Å². The highest BCUT2D eigenvalue weighted by Gasteiger charge is 2.35. The number of ether oxygens (including phenoxy) is 1. The highest BCUT2D eigenvalue weighted by Crippen LogP contribution is 2.38. The van der Waals surface area contributed by atoms with Crippen LogP contribution in [-0.2, 0) is 21.0 Å². The number of sulfonamides is 1. The van der Waals surface area contributed by atoms with Gasteiger partial charge in [0.15, 0.2) is 0 Å². The van der Waals surface area contributed by atoms with Crippen LogP contribution in [-0.4, -0.2) is 28.0 Å². The molecule has 3 rings (SSSR count). The summed E-state index contributed by atoms with van der Waals surface area (Å²) in [4.78, 5) is 12.8. The number of hydrogen-bond acceptors (Lipinski definition) is 4. The molecule has 0 saturated heterocycles. The number of amides is 1. The molecule has 0 aliphatic rings. The average Bonchev–Trinajstić information content (AvgIpc) is 2.82. The van der Waals surface area contributed by atoms with Crippen LogP contribution in [0.1, 0.15) is 29.7 Å². The SMILES string of the molecule is COc1ccccc1C(C)NC(=O)CN(c1ccc(Cl)c(C(F)(F)F)c1)S(=O)(=O)c1ccc(C)cc1. The lowest BCUT2D eigenvalue weighted by atomic mass is 10.1. The number of anilines is 1. The van der Waals surface area contributed by atoms with Crippen molar-refractivity contribution in [2.24, 2.45) is 0 Å². The predicted molar refractivity (Wildman–Crippen MR) is 132 cm³/mol. The number of alkyl halides is 3. The van der Waals surface area contributed by atoms with Gasteiger partial charge in [-0.3, -0.25) is 9.10 Å². The van der Waals surface area contributed by atoms with E-state index in [1.165, 1.54) is 19.2 Å². The minimum atomic E-state index is -4.83. The van der Waals surface area contributed by atoms with E-state index in [0.29, 0.717) is 21.7 Å². The Balaban J connectivity index is 2.01. The number of halogens is 4. The highest BCUT2D eigenvalue weighted by atomic mass is 35.5. The Morgan fingerprint density at radius 2 is 1.72 bits per heavy atom. The molecule has 0 aromatic heterocycles. The maximum Gasteiger partial charge on any atom is 0.417 e. The van der Waals surface area contributed by atoms with Crippen LogP contribution in [0.15, 0.2) is 71.6 Å². The van der Waals surface area contributed by atoms with Gasteiger partial charge in [0.2, 0.25) is 5.91 Å². The summed E-state index contributed by atoms with van der Waals surface area (Å²) in [6, 6.07) is 14.8. The lowest BCUT2D eigenvalue weighted by molar-refractivity contribution is -0.137. The first kappa shape index (κ1) is 27.3. The summed E-state index contributed by atoms with van der Waals surface area (Å²) in [6.07, 6.45) is -4.83. The Bertz CT molecular complexity index is 1350. The molecule has 1 N–H and O–H groups in total. The maximum atomic E-state index is 13.5. The standard InChI is InChI=1S/C25H24ClF3N2O4S/c1-16-8-11-19(12-9-16)36(33,34)31(18-10-13-22(26)21(14-18)25(27,28)29)15-24(32)30-17(2)20-6-4-5-7-23(20)35-3/h4-14,17H,15H2,1-3H3,(H,30,32). The van der Waals surface area contributed by atoms with Crippen molar-refractivity contribution < 1.29 is 31.1 Å². The van der Waals surface area contributed by atoms with E-state index in [4.69, 9.17) is 16.3 Å². The number of carbonyl (C=O) groups excluding carboxylic acids is 1. The summed E-state index contributed by atoms with van der Waals surface area (Å²) >= 11 is 5.73. The molecule has 1 unspecified atom stereocenters. The van der Waals surface area contributed by atoms with Gasteiger partial charge in [-0.2, -0.15) is 13.2 Å². The third kappa shape index (κ3) is 6.11. The quantitative estimate of drug-likeness (QED) is 0.395. The van der Waals surface area contributed by atoms with Gasteiger partial charge >= 0.3 is 6.18 Å². The van der Waals surface area contributed by atoms with Crippen LogP contribution in [0.5, 0.6) is 5.75 Å². The number of nitrogens with one attached hydrogen (secondary N) is 1. The second-order valence-corrected chi connectivity index (χ2v) is 10.3. The third-order valence-electron chi connectivity index (χ3n) is 5.42. The fourth-order valence-electron chi connectivity index (χ4n) is 3.56. The zero-order valence-corrected chi connectivity index (χ0v) is 21.2. The van der Waals surface area contributed by atoms with Crippen molar-refractivity contribution in [3.05, 3.63) is 88.4 Å². The van der Waals surface area contributed by atoms with Gasteiger partial charge in [0.25, 0.3) is 10.0 Å². The first-order valence-electron chi connectivity index (χ1n) is 10.7. The molecule has 0 aliphatic heterocycles. The molecule has 0 fully saturated rings. The molecule has 0 spiro atoms. The monoisotopic (exact) mass is 540 g/mol. The lowest BCUT2D eigenvalue weighted by Crippen LogP contribution is -2.41. The summed E-state index contributed by atoms with van der Waals surface area (Å²) in [5, 5.41) is 2.10. The van der Waals surface area contributed by atoms with Gasteiger partial charge in [-0.15, -0.1) is 0 Å². The van der Waals surface area contributed by atoms with E-state index in [2.05, 4.69) is 5.32 Å². The first-order valence-corrected chi connectivity index (χ1v) is 12.5. The predicted octanol–water partition coefficient (Wildman–Crippen LogP) is 5.75. The Morgan fingerprint density at radius 1 is 1.08 bits per heavy atom. The van der Waals surface area contributed by atoms with Gasteiger partial charge in [-0.25, -0.2) is 8.42 Å². The van der Waals surface area contributed by atoms with Gasteiger partial charge in [-0.05, 0) is 50.2 Å². The molecule has 192 valence electrons. The molecule has 0 aliphatic carbocycles. The van der Waals surface area contributed by atoms with Crippen LogP contribution < -0.4 is 14.4 Å². The molecule has 1 amide bonds. The summed E-state index contributed by atoms with van der Waals surface area (Å²) in [5.74, 6) is -0.213. The summed E-state index contributed by atoms with van der Waals surface area (Å²) in [5.41, 5.74) is -0.136. The van der Waals surface area contributed by atoms with E-state index in [0.717, 1.165) is 17.7 Å². The van der Waals surface area contributed by atoms with Crippen molar-refractivity contribution in [3.8, 4) is 5.75 Å². The van der Waals surface area contributed by atoms with Crippen LogP contribution in [0.25, 0.3) is 0 Å². The molecule has 0 heterocycles. The van der Waals surface area contributed by atoms with Gasteiger partial charge in [0.1, 0.15) is 12.3 Å². The topological polar surface area (TPSA) is 75.7 Å². The van der Waals surface area contributed by atoms with E-state index in [1.54, 1.807) is 50.2 Å². The minimum Gasteiger partial charge on any atom is -0.496 e. The lowest BCUT2D eigenvalue weighted by Gasteiger charge is -2.26. The number of para-hydroxylation sites is 1. The molecule has 1 atom stereocenters. The van der Waals surface area contributed by atoms with Crippen LogP contribution in [0.3, 0.4) is 0 Å². The van der Waals surface area contributed by atoms with Crippen molar-refractivity contribution in [1.82, 2.24) is 5.32 Å². The third-order valence-corrected chi connectivity index (χ3v) is 7.54.